The predicted octanol–water partition coefficient (Wildman–Crippen LogP) is 1.97. The highest BCUT2D eigenvalue weighted by Gasteiger charge is 2.17. The average Bonchev–Trinajstić information content (AvgIpc) is 2.96. The van der Waals surface area contributed by atoms with Crippen molar-refractivity contribution in [2.24, 2.45) is 0 Å². The summed E-state index contributed by atoms with van der Waals surface area (Å²) in [5.74, 6) is 0.134. The number of nitrogens with zero attached hydrogens (tertiary/aromatic N) is 4. The van der Waals surface area contributed by atoms with Gasteiger partial charge in [0.2, 0.25) is 0 Å². The monoisotopic (exact) mass is 344 g/mol. The summed E-state index contributed by atoms with van der Waals surface area (Å²) in [6.45, 7) is -0.246. The molecule has 0 N–H and O–H groups in total. The van der Waals surface area contributed by atoms with Crippen LogP contribution >= 0.6 is 11.6 Å². The van der Waals surface area contributed by atoms with E-state index in [0.29, 0.717) is 22.0 Å². The molecular weight excluding hydrogens is 332 g/mol. The lowest BCUT2D eigenvalue weighted by Crippen LogP contribution is -2.27. The molecule has 0 radical (unpaired) electrons. The molecule has 0 bridgehead atoms. The van der Waals surface area contributed by atoms with Gasteiger partial charge in [-0.2, -0.15) is 9.36 Å². The van der Waals surface area contributed by atoms with E-state index in [1.807, 2.05) is 0 Å². The van der Waals surface area contributed by atoms with Gasteiger partial charge in [0.05, 0.1) is 23.4 Å². The predicted molar refractivity (Wildman–Crippen MR) is 88.0 cm³/mol. The summed E-state index contributed by atoms with van der Waals surface area (Å²) in [5, 5.41) is 7.90. The summed E-state index contributed by atoms with van der Waals surface area (Å²) in [4.78, 5) is 24.8. The van der Waals surface area contributed by atoms with Crippen molar-refractivity contribution in [1.29, 1.82) is 0 Å². The number of halogens is 1. The summed E-state index contributed by atoms with van der Waals surface area (Å²) in [6.07, 6.45) is 0. The van der Waals surface area contributed by atoms with Crippen molar-refractivity contribution in [2.75, 3.05) is 7.11 Å². The van der Waals surface area contributed by atoms with E-state index < -0.39 is 5.69 Å². The second kappa shape index (κ2) is 6.67. The van der Waals surface area contributed by atoms with Gasteiger partial charge in [0.1, 0.15) is 12.3 Å². The number of ketones is 1. The number of methoxy groups -OCH3 is 1. The summed E-state index contributed by atoms with van der Waals surface area (Å²) in [7, 11) is 1.48. The number of rotatable bonds is 5. The Hall–Kier alpha value is -2.93. The molecule has 0 unspecified atom stereocenters. The average molecular weight is 345 g/mol. The van der Waals surface area contributed by atoms with Crippen LogP contribution in [0.15, 0.2) is 53.3 Å². The molecule has 24 heavy (non-hydrogen) atoms. The number of hydrogen-bond donors (Lipinski definition) is 0. The number of hydrogen-bond acceptors (Lipinski definition) is 5. The molecule has 0 amide bonds. The van der Waals surface area contributed by atoms with Crippen LogP contribution in [0.3, 0.4) is 0 Å². The van der Waals surface area contributed by atoms with E-state index in [9.17, 15) is 9.59 Å². The lowest BCUT2D eigenvalue weighted by Gasteiger charge is -2.06. The normalized spacial score (nSPS) is 10.6. The Bertz CT molecular complexity index is 948. The van der Waals surface area contributed by atoms with Gasteiger partial charge >= 0.3 is 5.69 Å². The maximum Gasteiger partial charge on any atom is 0.368 e. The number of aromatic nitrogens is 4. The molecule has 7 nitrogen and oxygen atoms in total. The van der Waals surface area contributed by atoms with Crippen molar-refractivity contribution in [3.05, 3.63) is 69.6 Å². The summed E-state index contributed by atoms with van der Waals surface area (Å²) >= 11 is 6.06. The third-order valence-corrected chi connectivity index (χ3v) is 3.74. The zero-order chi connectivity index (χ0) is 17.1. The lowest BCUT2D eigenvalue weighted by atomic mass is 10.1. The number of carbonyl (C=O) groups is 1. The number of carbonyl (C=O) groups excluding carboxylic acids is 1. The van der Waals surface area contributed by atoms with Crippen molar-refractivity contribution in [2.45, 2.75) is 6.54 Å². The van der Waals surface area contributed by atoms with Crippen molar-refractivity contribution in [3.63, 3.8) is 0 Å². The molecule has 1 aromatic heterocycles. The molecule has 122 valence electrons. The third kappa shape index (κ3) is 2.93. The molecule has 0 aliphatic carbocycles. The molecule has 8 heteroatoms. The van der Waals surface area contributed by atoms with Crippen LogP contribution in [-0.4, -0.2) is 32.7 Å². The first-order chi connectivity index (χ1) is 11.6. The van der Waals surface area contributed by atoms with Gasteiger partial charge in [0.25, 0.3) is 0 Å². The van der Waals surface area contributed by atoms with Gasteiger partial charge in [-0.15, -0.1) is 0 Å². The standard InChI is InChI=1S/C16H13ClN4O3/c1-24-15-9-5-2-6-11(15)14(22)10-20-16(23)21(19-18-20)13-8-4-3-7-12(13)17/h2-9H,10H2,1H3. The van der Waals surface area contributed by atoms with Gasteiger partial charge in [-0.3, -0.25) is 4.79 Å². The fourth-order valence-electron chi connectivity index (χ4n) is 2.24. The van der Waals surface area contributed by atoms with E-state index in [-0.39, 0.29) is 12.3 Å². The van der Waals surface area contributed by atoms with E-state index in [2.05, 4.69) is 10.4 Å². The minimum atomic E-state index is -0.550. The molecule has 0 aliphatic heterocycles. The minimum absolute atomic E-state index is 0.246. The van der Waals surface area contributed by atoms with Gasteiger partial charge in [-0.05, 0) is 34.7 Å². The number of benzene rings is 2. The molecular formula is C16H13ClN4O3. The number of tetrazole rings is 1. The van der Waals surface area contributed by atoms with Crippen LogP contribution in [0.4, 0.5) is 0 Å². The molecule has 0 saturated heterocycles. The van der Waals surface area contributed by atoms with Crippen LogP contribution in [0.25, 0.3) is 5.69 Å². The quantitative estimate of drug-likeness (QED) is 0.661. The molecule has 2 aromatic carbocycles. The minimum Gasteiger partial charge on any atom is -0.496 e. The topological polar surface area (TPSA) is 79.0 Å². The Kier molecular flexibility index (Phi) is 4.43. The first-order valence-electron chi connectivity index (χ1n) is 7.05. The number of para-hydroxylation sites is 2. The Labute approximate surface area is 142 Å². The summed E-state index contributed by atoms with van der Waals surface area (Å²) in [6, 6.07) is 13.5. The Morgan fingerprint density at radius 2 is 1.83 bits per heavy atom. The molecule has 0 spiro atoms. The lowest BCUT2D eigenvalue weighted by molar-refractivity contribution is 0.0962. The second-order valence-electron chi connectivity index (χ2n) is 4.91. The molecule has 3 rings (SSSR count). The zero-order valence-corrected chi connectivity index (χ0v) is 13.5. The molecule has 0 aliphatic rings. The second-order valence-corrected chi connectivity index (χ2v) is 5.31. The number of Topliss-reactive ketones (excluding diaryl/α,β-unsaturated/α-hetero) is 1. The molecule has 0 fully saturated rings. The summed E-state index contributed by atoms with van der Waals surface area (Å²) < 4.78 is 7.20. The van der Waals surface area contributed by atoms with E-state index in [1.54, 1.807) is 48.5 Å². The van der Waals surface area contributed by atoms with Crippen LogP contribution in [0.2, 0.25) is 5.02 Å². The van der Waals surface area contributed by atoms with Gasteiger partial charge in [-0.25, -0.2) is 4.79 Å². The first-order valence-corrected chi connectivity index (χ1v) is 7.43. The molecule has 3 aromatic rings. The molecule has 0 atom stereocenters. The Morgan fingerprint density at radius 1 is 1.12 bits per heavy atom. The van der Waals surface area contributed by atoms with E-state index >= 15 is 0 Å². The van der Waals surface area contributed by atoms with Crippen LogP contribution in [-0.2, 0) is 6.54 Å². The van der Waals surface area contributed by atoms with Crippen molar-refractivity contribution < 1.29 is 9.53 Å². The van der Waals surface area contributed by atoms with Crippen LogP contribution < -0.4 is 10.4 Å². The van der Waals surface area contributed by atoms with Gasteiger partial charge < -0.3 is 4.74 Å². The van der Waals surface area contributed by atoms with Crippen molar-refractivity contribution in [1.82, 2.24) is 19.8 Å². The van der Waals surface area contributed by atoms with E-state index in [0.717, 1.165) is 9.36 Å². The maximum absolute atomic E-state index is 12.4. The van der Waals surface area contributed by atoms with Crippen molar-refractivity contribution in [3.8, 4) is 11.4 Å². The molecule has 1 heterocycles. The highest BCUT2D eigenvalue weighted by atomic mass is 35.5. The van der Waals surface area contributed by atoms with Crippen LogP contribution in [0, 0.1) is 0 Å². The first kappa shape index (κ1) is 15.9. The largest absolute Gasteiger partial charge is 0.496 e. The molecule has 0 saturated carbocycles. The highest BCUT2D eigenvalue weighted by Crippen LogP contribution is 2.19. The van der Waals surface area contributed by atoms with Crippen LogP contribution in [0.1, 0.15) is 10.4 Å². The zero-order valence-electron chi connectivity index (χ0n) is 12.7. The van der Waals surface area contributed by atoms with E-state index in [4.69, 9.17) is 16.3 Å². The van der Waals surface area contributed by atoms with Gasteiger partial charge in [0, 0.05) is 0 Å². The van der Waals surface area contributed by atoms with E-state index in [1.165, 1.54) is 7.11 Å². The number of ether oxygens (including phenoxy) is 1. The maximum atomic E-state index is 12.4. The highest BCUT2D eigenvalue weighted by molar-refractivity contribution is 6.32. The SMILES string of the molecule is COc1ccccc1C(=O)Cn1nnn(-c2ccccc2Cl)c1=O. The Morgan fingerprint density at radius 3 is 2.58 bits per heavy atom. The Balaban J connectivity index is 1.91. The van der Waals surface area contributed by atoms with Gasteiger partial charge in [0.15, 0.2) is 5.78 Å². The fraction of sp³-hybridized carbons (Fsp3) is 0.125. The smallest absolute Gasteiger partial charge is 0.368 e. The van der Waals surface area contributed by atoms with Crippen molar-refractivity contribution >= 4 is 17.4 Å². The van der Waals surface area contributed by atoms with Crippen LogP contribution in [0.5, 0.6) is 5.75 Å². The fourth-order valence-corrected chi connectivity index (χ4v) is 2.46. The third-order valence-electron chi connectivity index (χ3n) is 3.42. The summed E-state index contributed by atoms with van der Waals surface area (Å²) in [5.41, 5.74) is 0.227. The van der Waals surface area contributed by atoms with Gasteiger partial charge in [-0.1, -0.05) is 35.9 Å².